The molecule has 0 atom stereocenters. The first kappa shape index (κ1) is 20.3. The van der Waals surface area contributed by atoms with E-state index in [-0.39, 0.29) is 16.1 Å². The number of halogens is 1. The number of nitrogens with one attached hydrogen (secondary N) is 1. The van der Waals surface area contributed by atoms with Crippen LogP contribution in [0, 0.1) is 5.82 Å². The summed E-state index contributed by atoms with van der Waals surface area (Å²) < 4.78 is 42.8. The van der Waals surface area contributed by atoms with Crippen LogP contribution in [0.1, 0.15) is 10.4 Å². The van der Waals surface area contributed by atoms with Crippen molar-refractivity contribution in [2.75, 3.05) is 31.8 Å². The van der Waals surface area contributed by atoms with Gasteiger partial charge in [0.25, 0.3) is 5.91 Å². The highest BCUT2D eigenvalue weighted by atomic mass is 32.2. The van der Waals surface area contributed by atoms with Crippen molar-refractivity contribution in [1.29, 1.82) is 0 Å². The summed E-state index contributed by atoms with van der Waals surface area (Å²) in [6.45, 7) is -0.590. The summed E-state index contributed by atoms with van der Waals surface area (Å²) in [5.41, 5.74) is 5.71. The van der Waals surface area contributed by atoms with E-state index in [0.717, 1.165) is 22.5 Å². The number of nitrogen functional groups attached to an aromatic ring is 1. The van der Waals surface area contributed by atoms with Gasteiger partial charge >= 0.3 is 5.97 Å². The van der Waals surface area contributed by atoms with Gasteiger partial charge in [-0.1, -0.05) is 0 Å². The maximum atomic E-state index is 13.0. The first-order valence-corrected chi connectivity index (χ1v) is 9.10. The zero-order valence-corrected chi connectivity index (χ0v) is 15.4. The topological polar surface area (TPSA) is 119 Å². The second kappa shape index (κ2) is 8.14. The normalized spacial score (nSPS) is 11.3. The molecule has 3 N–H and O–H groups in total. The third kappa shape index (κ3) is 5.02. The van der Waals surface area contributed by atoms with E-state index >= 15 is 0 Å². The summed E-state index contributed by atoms with van der Waals surface area (Å²) in [4.78, 5) is 23.8. The molecule has 0 heterocycles. The average Bonchev–Trinajstić information content (AvgIpc) is 2.60. The molecule has 0 radical (unpaired) electrons. The maximum absolute atomic E-state index is 13.0. The van der Waals surface area contributed by atoms with Crippen LogP contribution in [0.25, 0.3) is 0 Å². The van der Waals surface area contributed by atoms with Crippen molar-refractivity contribution in [2.45, 2.75) is 4.90 Å². The van der Waals surface area contributed by atoms with Crippen molar-refractivity contribution in [1.82, 2.24) is 4.31 Å². The van der Waals surface area contributed by atoms with Crippen molar-refractivity contribution in [3.05, 3.63) is 53.8 Å². The lowest BCUT2D eigenvalue weighted by molar-refractivity contribution is -0.119. The number of anilines is 2. The van der Waals surface area contributed by atoms with Gasteiger partial charge < -0.3 is 15.8 Å². The van der Waals surface area contributed by atoms with Crippen LogP contribution in [0.3, 0.4) is 0 Å². The number of nitrogens with zero attached hydrogens (tertiary/aromatic N) is 1. The minimum atomic E-state index is -3.57. The van der Waals surface area contributed by atoms with Gasteiger partial charge in [-0.15, -0.1) is 0 Å². The van der Waals surface area contributed by atoms with Crippen LogP contribution in [0.2, 0.25) is 0 Å². The van der Waals surface area contributed by atoms with Gasteiger partial charge in [0.15, 0.2) is 6.61 Å². The fraction of sp³-hybridized carbons (Fsp3) is 0.176. The SMILES string of the molecule is CN(C)S(=O)(=O)c1ccc(NC(=O)COC(=O)c2ccc(F)cc2N)cc1. The van der Waals surface area contributed by atoms with Crippen molar-refractivity contribution < 1.29 is 27.1 Å². The predicted molar refractivity (Wildman–Crippen MR) is 97.0 cm³/mol. The fourth-order valence-corrected chi connectivity index (χ4v) is 2.95. The molecular weight excluding hydrogens is 377 g/mol. The Bertz CT molecular complexity index is 959. The quantitative estimate of drug-likeness (QED) is 0.565. The van der Waals surface area contributed by atoms with E-state index in [2.05, 4.69) is 5.32 Å². The highest BCUT2D eigenvalue weighted by Crippen LogP contribution is 2.17. The first-order valence-electron chi connectivity index (χ1n) is 7.66. The van der Waals surface area contributed by atoms with Gasteiger partial charge in [0, 0.05) is 25.5 Å². The number of carbonyl (C=O) groups is 2. The van der Waals surface area contributed by atoms with E-state index in [0.29, 0.717) is 5.69 Å². The Balaban J connectivity index is 1.95. The van der Waals surface area contributed by atoms with E-state index in [9.17, 15) is 22.4 Å². The third-order valence-electron chi connectivity index (χ3n) is 3.48. The molecule has 0 bridgehead atoms. The van der Waals surface area contributed by atoms with E-state index in [4.69, 9.17) is 10.5 Å². The molecule has 2 aromatic rings. The smallest absolute Gasteiger partial charge is 0.340 e. The van der Waals surface area contributed by atoms with E-state index in [1.54, 1.807) is 0 Å². The molecule has 0 spiro atoms. The highest BCUT2D eigenvalue weighted by molar-refractivity contribution is 7.89. The molecular formula is C17H18FN3O5S. The second-order valence-electron chi connectivity index (χ2n) is 5.67. The molecule has 0 aromatic heterocycles. The van der Waals surface area contributed by atoms with Crippen LogP contribution in [0.5, 0.6) is 0 Å². The van der Waals surface area contributed by atoms with E-state index in [1.165, 1.54) is 38.4 Å². The largest absolute Gasteiger partial charge is 0.452 e. The van der Waals surface area contributed by atoms with Crippen molar-refractivity contribution in [3.63, 3.8) is 0 Å². The zero-order valence-electron chi connectivity index (χ0n) is 14.6. The lowest BCUT2D eigenvalue weighted by Crippen LogP contribution is -2.23. The Morgan fingerprint density at radius 1 is 1.15 bits per heavy atom. The Labute approximate surface area is 155 Å². The number of sulfonamides is 1. The number of amides is 1. The van der Waals surface area contributed by atoms with Gasteiger partial charge in [-0.05, 0) is 42.5 Å². The number of carbonyl (C=O) groups excluding carboxylic acids is 2. The highest BCUT2D eigenvalue weighted by Gasteiger charge is 2.17. The number of hydrogen-bond donors (Lipinski definition) is 2. The summed E-state index contributed by atoms with van der Waals surface area (Å²) in [5, 5.41) is 2.46. The second-order valence-corrected chi connectivity index (χ2v) is 7.82. The molecule has 0 saturated carbocycles. The maximum Gasteiger partial charge on any atom is 0.340 e. The van der Waals surface area contributed by atoms with Crippen molar-refractivity contribution in [3.8, 4) is 0 Å². The Morgan fingerprint density at radius 3 is 2.33 bits per heavy atom. The van der Waals surface area contributed by atoms with Gasteiger partial charge in [0.1, 0.15) is 5.82 Å². The number of ether oxygens (including phenoxy) is 1. The van der Waals surface area contributed by atoms with Gasteiger partial charge in [0.2, 0.25) is 10.0 Å². The molecule has 2 rings (SSSR count). The lowest BCUT2D eigenvalue weighted by Gasteiger charge is -2.12. The van der Waals surface area contributed by atoms with Crippen LogP contribution in [-0.2, 0) is 19.6 Å². The number of rotatable bonds is 6. The summed E-state index contributed by atoms with van der Waals surface area (Å²) in [7, 11) is -0.749. The molecule has 10 heteroatoms. The molecule has 0 aliphatic heterocycles. The number of benzene rings is 2. The Kier molecular flexibility index (Phi) is 6.13. The number of nitrogens with two attached hydrogens (primary N) is 1. The molecule has 2 aromatic carbocycles. The summed E-state index contributed by atoms with van der Waals surface area (Å²) in [6, 6.07) is 8.69. The first-order chi connectivity index (χ1) is 12.6. The van der Waals surface area contributed by atoms with Crippen LogP contribution < -0.4 is 11.1 Å². The Morgan fingerprint density at radius 2 is 1.78 bits per heavy atom. The third-order valence-corrected chi connectivity index (χ3v) is 5.31. The lowest BCUT2D eigenvalue weighted by atomic mass is 10.2. The average molecular weight is 395 g/mol. The van der Waals surface area contributed by atoms with Crippen LogP contribution >= 0.6 is 0 Å². The minimum absolute atomic E-state index is 0.0533. The summed E-state index contributed by atoms with van der Waals surface area (Å²) in [6.07, 6.45) is 0. The van der Waals surface area contributed by atoms with E-state index < -0.39 is 34.3 Å². The number of esters is 1. The zero-order chi connectivity index (χ0) is 20.2. The van der Waals surface area contributed by atoms with Gasteiger partial charge in [-0.2, -0.15) is 0 Å². The monoisotopic (exact) mass is 395 g/mol. The standard InChI is InChI=1S/C17H18FN3O5S/c1-21(2)27(24,25)13-6-4-12(5-7-13)20-16(22)10-26-17(23)14-8-3-11(18)9-15(14)19/h3-9H,10,19H2,1-2H3,(H,20,22). The molecule has 0 unspecified atom stereocenters. The van der Waals surface area contributed by atoms with Crippen LogP contribution in [0.4, 0.5) is 15.8 Å². The van der Waals surface area contributed by atoms with Crippen molar-refractivity contribution in [2.24, 2.45) is 0 Å². The van der Waals surface area contributed by atoms with Gasteiger partial charge in [0.05, 0.1) is 10.5 Å². The summed E-state index contributed by atoms with van der Waals surface area (Å²) >= 11 is 0. The number of hydrogen-bond acceptors (Lipinski definition) is 6. The molecule has 0 fully saturated rings. The molecule has 0 aliphatic rings. The summed E-state index contributed by atoms with van der Waals surface area (Å²) in [5.74, 6) is -2.09. The molecule has 1 amide bonds. The molecule has 8 nitrogen and oxygen atoms in total. The predicted octanol–water partition coefficient (Wildman–Crippen LogP) is 1.45. The van der Waals surface area contributed by atoms with Gasteiger partial charge in [-0.25, -0.2) is 21.9 Å². The minimum Gasteiger partial charge on any atom is -0.452 e. The van der Waals surface area contributed by atoms with Crippen molar-refractivity contribution >= 4 is 33.3 Å². The molecule has 27 heavy (non-hydrogen) atoms. The Hall–Kier alpha value is -2.98. The van der Waals surface area contributed by atoms with Crippen LogP contribution in [-0.4, -0.2) is 45.3 Å². The molecule has 0 saturated heterocycles. The van der Waals surface area contributed by atoms with Gasteiger partial charge in [-0.3, -0.25) is 4.79 Å². The molecule has 0 aliphatic carbocycles. The van der Waals surface area contributed by atoms with Crippen LogP contribution in [0.15, 0.2) is 47.4 Å². The fourth-order valence-electron chi connectivity index (χ4n) is 2.05. The molecule has 144 valence electrons. The van der Waals surface area contributed by atoms with E-state index in [1.807, 2.05) is 0 Å².